The molecular weight excluding hydrogens is 436 g/mol. The van der Waals surface area contributed by atoms with E-state index in [2.05, 4.69) is 25.9 Å². The van der Waals surface area contributed by atoms with Crippen molar-refractivity contribution in [3.8, 4) is 17.2 Å². The number of nitrogens with zero attached hydrogens (tertiary/aromatic N) is 1. The highest BCUT2D eigenvalue weighted by Gasteiger charge is 2.14. The molecule has 0 radical (unpaired) electrons. The van der Waals surface area contributed by atoms with Crippen LogP contribution in [0.3, 0.4) is 0 Å². The summed E-state index contributed by atoms with van der Waals surface area (Å²) in [7, 11) is -0.748. The molecule has 0 aliphatic heterocycles. The molecule has 0 unspecified atom stereocenters. The van der Waals surface area contributed by atoms with E-state index in [1.165, 1.54) is 32.6 Å². The van der Waals surface area contributed by atoms with Gasteiger partial charge in [0.1, 0.15) is 5.75 Å². The Hall–Kier alpha value is -2.26. The number of halogens is 1. The highest BCUT2D eigenvalue weighted by molar-refractivity contribution is 9.10. The quantitative estimate of drug-likeness (QED) is 0.484. The van der Waals surface area contributed by atoms with E-state index in [1.807, 2.05) is 13.8 Å². The van der Waals surface area contributed by atoms with Gasteiger partial charge in [-0.1, -0.05) is 0 Å². The predicted molar refractivity (Wildman–Crippen MR) is 107 cm³/mol. The van der Waals surface area contributed by atoms with E-state index in [0.717, 1.165) is 0 Å². The van der Waals surface area contributed by atoms with E-state index in [4.69, 9.17) is 14.2 Å². The van der Waals surface area contributed by atoms with Crippen LogP contribution in [0.25, 0.3) is 0 Å². The topological polar surface area (TPSA) is 86.2 Å². The van der Waals surface area contributed by atoms with Crippen molar-refractivity contribution >= 4 is 32.2 Å². The van der Waals surface area contributed by atoms with Gasteiger partial charge < -0.3 is 14.2 Å². The van der Waals surface area contributed by atoms with E-state index in [9.17, 15) is 8.42 Å². The number of benzene rings is 2. The monoisotopic (exact) mass is 456 g/mol. The lowest BCUT2D eigenvalue weighted by Crippen LogP contribution is -2.18. The number of nitrogens with one attached hydrogen (secondary N) is 1. The summed E-state index contributed by atoms with van der Waals surface area (Å²) in [6.45, 7) is 3.79. The molecule has 1 N–H and O–H groups in total. The van der Waals surface area contributed by atoms with Gasteiger partial charge in [0.25, 0.3) is 10.0 Å². The summed E-state index contributed by atoms with van der Waals surface area (Å²) in [6.07, 6.45) is 1.38. The van der Waals surface area contributed by atoms with Crippen LogP contribution in [0.5, 0.6) is 17.2 Å². The average Bonchev–Trinajstić information content (AvgIpc) is 2.62. The van der Waals surface area contributed by atoms with Gasteiger partial charge in [0, 0.05) is 5.56 Å². The Kier molecular flexibility index (Phi) is 7.09. The zero-order chi connectivity index (χ0) is 20.0. The third kappa shape index (κ3) is 5.36. The van der Waals surface area contributed by atoms with E-state index in [-0.39, 0.29) is 11.0 Å². The van der Waals surface area contributed by atoms with Crippen molar-refractivity contribution in [3.05, 3.63) is 46.4 Å². The minimum absolute atomic E-state index is 0.00937. The van der Waals surface area contributed by atoms with Crippen molar-refractivity contribution in [1.29, 1.82) is 0 Å². The third-order valence-corrected chi connectivity index (χ3v) is 5.45. The molecule has 7 nitrogen and oxygen atoms in total. The SMILES string of the molecule is COc1ccc(/C=N/NS(=O)(=O)c2ccc(OC(C)C)cc2)c(Br)c1OC. The lowest BCUT2D eigenvalue weighted by Gasteiger charge is -2.11. The number of sulfonamides is 1. The second-order valence-corrected chi connectivity index (χ2v) is 8.15. The first-order valence-electron chi connectivity index (χ1n) is 8.00. The largest absolute Gasteiger partial charge is 0.493 e. The van der Waals surface area contributed by atoms with Crippen LogP contribution in [0, 0.1) is 0 Å². The fraction of sp³-hybridized carbons (Fsp3) is 0.278. The molecule has 146 valence electrons. The molecule has 0 aliphatic carbocycles. The maximum absolute atomic E-state index is 12.3. The molecule has 27 heavy (non-hydrogen) atoms. The predicted octanol–water partition coefficient (Wildman–Crippen LogP) is 3.57. The highest BCUT2D eigenvalue weighted by atomic mass is 79.9. The van der Waals surface area contributed by atoms with Gasteiger partial charge in [0.15, 0.2) is 11.5 Å². The molecule has 0 heterocycles. The lowest BCUT2D eigenvalue weighted by molar-refractivity contribution is 0.242. The van der Waals surface area contributed by atoms with Crippen LogP contribution in [-0.2, 0) is 10.0 Å². The van der Waals surface area contributed by atoms with Crippen molar-refractivity contribution in [2.24, 2.45) is 5.10 Å². The normalized spacial score (nSPS) is 11.6. The van der Waals surface area contributed by atoms with Gasteiger partial charge in [-0.25, -0.2) is 4.83 Å². The second kappa shape index (κ2) is 9.09. The maximum Gasteiger partial charge on any atom is 0.276 e. The van der Waals surface area contributed by atoms with Crippen LogP contribution in [0.4, 0.5) is 0 Å². The molecule has 0 amide bonds. The zero-order valence-electron chi connectivity index (χ0n) is 15.4. The van der Waals surface area contributed by atoms with Gasteiger partial charge in [0.05, 0.1) is 35.9 Å². The summed E-state index contributed by atoms with van der Waals surface area (Å²) in [6, 6.07) is 9.55. The van der Waals surface area contributed by atoms with Crippen molar-refractivity contribution in [2.45, 2.75) is 24.8 Å². The Labute approximate surface area is 167 Å². The van der Waals surface area contributed by atoms with Crippen molar-refractivity contribution in [3.63, 3.8) is 0 Å². The molecule has 0 saturated heterocycles. The summed E-state index contributed by atoms with van der Waals surface area (Å²) in [5, 5.41) is 3.83. The first-order chi connectivity index (χ1) is 12.8. The lowest BCUT2D eigenvalue weighted by atomic mass is 10.2. The molecule has 0 aromatic heterocycles. The number of hydrazone groups is 1. The number of hydrogen-bond donors (Lipinski definition) is 1. The molecule has 0 bridgehead atoms. The minimum atomic E-state index is -3.79. The zero-order valence-corrected chi connectivity index (χ0v) is 17.8. The smallest absolute Gasteiger partial charge is 0.276 e. The maximum atomic E-state index is 12.3. The standard InChI is InChI=1S/C18H21BrN2O5S/c1-12(2)26-14-6-8-15(9-7-14)27(22,23)21-20-11-13-5-10-16(24-3)18(25-4)17(13)19/h5-12,21H,1-4H3/b20-11+. The van der Waals surface area contributed by atoms with Gasteiger partial charge in [-0.3, -0.25) is 0 Å². The molecule has 9 heteroatoms. The average molecular weight is 457 g/mol. The molecular formula is C18H21BrN2O5S. The second-order valence-electron chi connectivity index (χ2n) is 5.70. The number of ether oxygens (including phenoxy) is 3. The summed E-state index contributed by atoms with van der Waals surface area (Å²) < 4.78 is 41.3. The summed E-state index contributed by atoms with van der Waals surface area (Å²) >= 11 is 3.40. The molecule has 2 aromatic carbocycles. The fourth-order valence-corrected chi connectivity index (χ4v) is 3.57. The summed E-state index contributed by atoms with van der Waals surface area (Å²) in [5.74, 6) is 1.64. The van der Waals surface area contributed by atoms with Gasteiger partial charge in [0.2, 0.25) is 0 Å². The Morgan fingerprint density at radius 1 is 1.07 bits per heavy atom. The van der Waals surface area contributed by atoms with E-state index in [0.29, 0.717) is 27.3 Å². The molecule has 0 spiro atoms. The molecule has 2 aromatic rings. The Bertz CT molecular complexity index is 912. The van der Waals surface area contributed by atoms with Crippen LogP contribution in [0.2, 0.25) is 0 Å². The first kappa shape index (κ1) is 21.0. The van der Waals surface area contributed by atoms with Crippen LogP contribution < -0.4 is 19.0 Å². The summed E-state index contributed by atoms with van der Waals surface area (Å²) in [4.78, 5) is 2.27. The van der Waals surface area contributed by atoms with Gasteiger partial charge in [-0.15, -0.1) is 0 Å². The summed E-state index contributed by atoms with van der Waals surface area (Å²) in [5.41, 5.74) is 0.621. The fourth-order valence-electron chi connectivity index (χ4n) is 2.19. The molecule has 0 fully saturated rings. The van der Waals surface area contributed by atoms with Gasteiger partial charge in [-0.2, -0.15) is 13.5 Å². The van der Waals surface area contributed by atoms with E-state index in [1.54, 1.807) is 24.3 Å². The van der Waals surface area contributed by atoms with Crippen LogP contribution in [0.15, 0.2) is 50.9 Å². The third-order valence-electron chi connectivity index (χ3n) is 3.40. The number of rotatable bonds is 8. The molecule has 0 saturated carbocycles. The molecule has 0 atom stereocenters. The van der Waals surface area contributed by atoms with Gasteiger partial charge >= 0.3 is 0 Å². The Morgan fingerprint density at radius 3 is 2.30 bits per heavy atom. The first-order valence-corrected chi connectivity index (χ1v) is 10.3. The number of methoxy groups -OCH3 is 2. The van der Waals surface area contributed by atoms with Crippen molar-refractivity contribution in [2.75, 3.05) is 14.2 Å². The van der Waals surface area contributed by atoms with Crippen LogP contribution in [0.1, 0.15) is 19.4 Å². The highest BCUT2D eigenvalue weighted by Crippen LogP contribution is 2.36. The minimum Gasteiger partial charge on any atom is -0.493 e. The van der Waals surface area contributed by atoms with Gasteiger partial charge in [-0.05, 0) is 66.2 Å². The van der Waals surface area contributed by atoms with Crippen molar-refractivity contribution in [1.82, 2.24) is 4.83 Å². The van der Waals surface area contributed by atoms with Crippen LogP contribution in [-0.4, -0.2) is 35.0 Å². The van der Waals surface area contributed by atoms with Crippen molar-refractivity contribution < 1.29 is 22.6 Å². The molecule has 2 rings (SSSR count). The Balaban J connectivity index is 2.15. The molecule has 0 aliphatic rings. The van der Waals surface area contributed by atoms with E-state index < -0.39 is 10.0 Å². The Morgan fingerprint density at radius 2 is 1.74 bits per heavy atom. The van der Waals surface area contributed by atoms with E-state index >= 15 is 0 Å². The van der Waals surface area contributed by atoms with Crippen LogP contribution >= 0.6 is 15.9 Å². The number of hydrogen-bond acceptors (Lipinski definition) is 6.